The first kappa shape index (κ1) is 21.4. The molecule has 8 heteroatoms. The number of rotatable bonds is 5. The van der Waals surface area contributed by atoms with Crippen LogP contribution in [-0.2, 0) is 12.8 Å². The molecule has 0 radical (unpaired) electrons. The Labute approximate surface area is 183 Å². The molecule has 164 valence electrons. The first-order chi connectivity index (χ1) is 15.4. The molecule has 1 aliphatic carbocycles. The van der Waals surface area contributed by atoms with Gasteiger partial charge in [-0.15, -0.1) is 0 Å². The molecule has 32 heavy (non-hydrogen) atoms. The number of halogens is 2. The van der Waals surface area contributed by atoms with E-state index in [1.54, 1.807) is 12.1 Å². The summed E-state index contributed by atoms with van der Waals surface area (Å²) in [6.45, 7) is 0. The van der Waals surface area contributed by atoms with Gasteiger partial charge in [-0.3, -0.25) is 14.6 Å². The molecule has 1 aliphatic rings. The molecule has 0 aliphatic heterocycles. The zero-order valence-electron chi connectivity index (χ0n) is 17.3. The fourth-order valence-electron chi connectivity index (χ4n) is 3.74. The van der Waals surface area contributed by atoms with Crippen LogP contribution >= 0.6 is 0 Å². The largest absolute Gasteiger partial charge is 0.457 e. The molecular weight excluding hydrogens is 416 g/mol. The number of hydrogen-bond acceptors (Lipinski definition) is 4. The number of carbonyl (C=O) groups excluding carboxylic acids is 2. The van der Waals surface area contributed by atoms with E-state index in [9.17, 15) is 18.4 Å². The third kappa shape index (κ3) is 4.91. The summed E-state index contributed by atoms with van der Waals surface area (Å²) < 4.78 is 32.7. The highest BCUT2D eigenvalue weighted by atomic mass is 19.1. The van der Waals surface area contributed by atoms with E-state index in [0.717, 1.165) is 42.2 Å². The Morgan fingerprint density at radius 2 is 1.72 bits per heavy atom. The normalized spacial score (nSPS) is 14.9. The minimum Gasteiger partial charge on any atom is -0.457 e. The molecule has 1 heterocycles. The number of aromatic nitrogens is 1. The van der Waals surface area contributed by atoms with Crippen molar-refractivity contribution in [3.8, 4) is 11.5 Å². The van der Waals surface area contributed by atoms with Crippen molar-refractivity contribution in [1.29, 1.82) is 0 Å². The lowest BCUT2D eigenvalue weighted by Crippen LogP contribution is -2.38. The van der Waals surface area contributed by atoms with Crippen LogP contribution in [0.2, 0.25) is 0 Å². The van der Waals surface area contributed by atoms with Gasteiger partial charge in [0.15, 0.2) is 0 Å². The second-order valence-corrected chi connectivity index (χ2v) is 7.56. The number of fused-ring (bicyclic) bond motifs is 1. The lowest BCUT2D eigenvalue weighted by atomic mass is 9.88. The Morgan fingerprint density at radius 3 is 2.47 bits per heavy atom. The summed E-state index contributed by atoms with van der Waals surface area (Å²) in [6, 6.07) is 11.5. The fraction of sp³-hybridized carbons (Fsp3) is 0.208. The summed E-state index contributed by atoms with van der Waals surface area (Å²) in [5, 5.41) is 5.38. The summed E-state index contributed by atoms with van der Waals surface area (Å²) in [4.78, 5) is 28.2. The van der Waals surface area contributed by atoms with E-state index in [1.807, 2.05) is 18.2 Å². The first-order valence-corrected chi connectivity index (χ1v) is 10.2. The number of nitrogens with one attached hydrogen (secondary N) is 2. The van der Waals surface area contributed by atoms with E-state index >= 15 is 0 Å². The molecule has 4 rings (SSSR count). The Bertz CT molecular complexity index is 1160. The van der Waals surface area contributed by atoms with Gasteiger partial charge in [0.05, 0.1) is 0 Å². The predicted octanol–water partition coefficient (Wildman–Crippen LogP) is 3.80. The van der Waals surface area contributed by atoms with Crippen LogP contribution in [0.4, 0.5) is 8.78 Å². The van der Waals surface area contributed by atoms with Crippen molar-refractivity contribution in [3.05, 3.63) is 88.7 Å². The van der Waals surface area contributed by atoms with Gasteiger partial charge in [-0.05, 0) is 60.7 Å². The second-order valence-electron chi connectivity index (χ2n) is 7.56. The van der Waals surface area contributed by atoms with Gasteiger partial charge in [0, 0.05) is 37.0 Å². The standard InChI is InChI=1S/C24H21F2N3O3/c1-27-24(31)22-13-21(6-7-28-22)32-20-5-3-14-2-4-19(10-15(14)11-20)29-23(30)16-8-17(25)12-18(26)9-16/h3,5-9,11-13,19H,2,4,10H2,1H3,(H,27,31)(H,29,30). The fourth-order valence-corrected chi connectivity index (χ4v) is 3.74. The molecule has 0 fully saturated rings. The van der Waals surface area contributed by atoms with Crippen LogP contribution in [0, 0.1) is 11.6 Å². The number of benzene rings is 2. The minimum atomic E-state index is -0.790. The van der Waals surface area contributed by atoms with Crippen LogP contribution in [0.15, 0.2) is 54.7 Å². The molecule has 2 N–H and O–H groups in total. The zero-order chi connectivity index (χ0) is 22.7. The highest BCUT2D eigenvalue weighted by Crippen LogP contribution is 2.29. The molecule has 0 saturated carbocycles. The van der Waals surface area contributed by atoms with Crippen molar-refractivity contribution in [3.63, 3.8) is 0 Å². The average molecular weight is 437 g/mol. The second kappa shape index (κ2) is 9.13. The van der Waals surface area contributed by atoms with Gasteiger partial charge in [-0.2, -0.15) is 0 Å². The molecular formula is C24H21F2N3O3. The van der Waals surface area contributed by atoms with E-state index in [-0.39, 0.29) is 23.2 Å². The average Bonchev–Trinajstić information content (AvgIpc) is 2.78. The number of amides is 2. The molecule has 6 nitrogen and oxygen atoms in total. The zero-order valence-corrected chi connectivity index (χ0v) is 17.3. The third-order valence-electron chi connectivity index (χ3n) is 5.29. The molecule has 0 spiro atoms. The number of hydrogen-bond donors (Lipinski definition) is 2. The summed E-state index contributed by atoms with van der Waals surface area (Å²) in [6.07, 6.45) is 3.54. The quantitative estimate of drug-likeness (QED) is 0.636. The monoisotopic (exact) mass is 437 g/mol. The topological polar surface area (TPSA) is 80.3 Å². The maximum Gasteiger partial charge on any atom is 0.269 e. The molecule has 3 aromatic rings. The van der Waals surface area contributed by atoms with Crippen molar-refractivity contribution < 1.29 is 23.1 Å². The van der Waals surface area contributed by atoms with Gasteiger partial charge in [-0.1, -0.05) is 6.07 Å². The van der Waals surface area contributed by atoms with Crippen LogP contribution in [-0.4, -0.2) is 29.9 Å². The molecule has 0 bridgehead atoms. The SMILES string of the molecule is CNC(=O)c1cc(Oc2ccc3c(c2)CC(NC(=O)c2cc(F)cc(F)c2)CC3)ccn1. The van der Waals surface area contributed by atoms with E-state index in [1.165, 1.54) is 13.2 Å². The maximum absolute atomic E-state index is 13.4. The van der Waals surface area contributed by atoms with Gasteiger partial charge in [-0.25, -0.2) is 8.78 Å². The van der Waals surface area contributed by atoms with E-state index < -0.39 is 17.5 Å². The predicted molar refractivity (Wildman–Crippen MR) is 114 cm³/mol. The third-order valence-corrected chi connectivity index (χ3v) is 5.29. The number of ether oxygens (including phenoxy) is 1. The number of pyridine rings is 1. The van der Waals surface area contributed by atoms with Crippen molar-refractivity contribution >= 4 is 11.8 Å². The Morgan fingerprint density at radius 1 is 0.969 bits per heavy atom. The van der Waals surface area contributed by atoms with Crippen LogP contribution < -0.4 is 15.4 Å². The van der Waals surface area contributed by atoms with Crippen molar-refractivity contribution in [1.82, 2.24) is 15.6 Å². The van der Waals surface area contributed by atoms with Gasteiger partial charge >= 0.3 is 0 Å². The van der Waals surface area contributed by atoms with E-state index in [0.29, 0.717) is 17.9 Å². The number of nitrogens with zero attached hydrogens (tertiary/aromatic N) is 1. The molecule has 1 atom stereocenters. The summed E-state index contributed by atoms with van der Waals surface area (Å²) in [7, 11) is 1.53. The Kier molecular flexibility index (Phi) is 6.11. The Balaban J connectivity index is 1.46. The van der Waals surface area contributed by atoms with E-state index in [2.05, 4.69) is 15.6 Å². The van der Waals surface area contributed by atoms with Gasteiger partial charge in [0.1, 0.15) is 28.8 Å². The van der Waals surface area contributed by atoms with Crippen LogP contribution in [0.25, 0.3) is 0 Å². The van der Waals surface area contributed by atoms with Crippen molar-refractivity contribution in [2.24, 2.45) is 0 Å². The lowest BCUT2D eigenvalue weighted by Gasteiger charge is -2.26. The van der Waals surface area contributed by atoms with Crippen molar-refractivity contribution in [2.45, 2.75) is 25.3 Å². The highest BCUT2D eigenvalue weighted by molar-refractivity contribution is 5.94. The molecule has 1 aromatic heterocycles. The molecule has 2 amide bonds. The van der Waals surface area contributed by atoms with Gasteiger partial charge in [0.25, 0.3) is 11.8 Å². The maximum atomic E-state index is 13.4. The number of carbonyl (C=O) groups is 2. The smallest absolute Gasteiger partial charge is 0.269 e. The number of aryl methyl sites for hydroxylation is 1. The summed E-state index contributed by atoms with van der Waals surface area (Å²) >= 11 is 0. The highest BCUT2D eigenvalue weighted by Gasteiger charge is 2.22. The summed E-state index contributed by atoms with van der Waals surface area (Å²) in [5.74, 6) is -1.33. The van der Waals surface area contributed by atoms with Crippen LogP contribution in [0.3, 0.4) is 0 Å². The minimum absolute atomic E-state index is 0.0463. The first-order valence-electron chi connectivity index (χ1n) is 10.2. The Hall–Kier alpha value is -3.81. The van der Waals surface area contributed by atoms with Crippen molar-refractivity contribution in [2.75, 3.05) is 7.05 Å². The van der Waals surface area contributed by atoms with Gasteiger partial charge < -0.3 is 15.4 Å². The molecule has 0 saturated heterocycles. The molecule has 2 aromatic carbocycles. The van der Waals surface area contributed by atoms with Crippen LogP contribution in [0.1, 0.15) is 38.4 Å². The van der Waals surface area contributed by atoms with E-state index in [4.69, 9.17) is 4.74 Å². The molecule has 1 unspecified atom stereocenters. The van der Waals surface area contributed by atoms with Crippen LogP contribution in [0.5, 0.6) is 11.5 Å². The summed E-state index contributed by atoms with van der Waals surface area (Å²) in [5.41, 5.74) is 2.37. The lowest BCUT2D eigenvalue weighted by molar-refractivity contribution is 0.0930. The van der Waals surface area contributed by atoms with Gasteiger partial charge in [0.2, 0.25) is 0 Å².